The van der Waals surface area contributed by atoms with Gasteiger partial charge in [-0.15, -0.1) is 0 Å². The molecule has 1 aliphatic rings. The Labute approximate surface area is 129 Å². The van der Waals surface area contributed by atoms with Gasteiger partial charge < -0.3 is 14.6 Å². The second-order valence-electron chi connectivity index (χ2n) is 7.55. The molecule has 21 heavy (non-hydrogen) atoms. The van der Waals surface area contributed by atoms with Crippen molar-refractivity contribution in [2.24, 2.45) is 0 Å². The van der Waals surface area contributed by atoms with Gasteiger partial charge in [0.05, 0.1) is 12.8 Å². The molecule has 1 fully saturated rings. The summed E-state index contributed by atoms with van der Waals surface area (Å²) < 4.78 is 5.75. The predicted octanol–water partition coefficient (Wildman–Crippen LogP) is 2.69. The third-order valence-corrected chi connectivity index (χ3v) is 3.96. The molecule has 1 aromatic heterocycles. The monoisotopic (exact) mass is 293 g/mol. The molecule has 1 saturated heterocycles. The van der Waals surface area contributed by atoms with Crippen molar-refractivity contribution in [3.05, 3.63) is 23.7 Å². The number of rotatable bonds is 6. The van der Waals surface area contributed by atoms with Gasteiger partial charge in [0.2, 0.25) is 0 Å². The molecule has 4 heteroatoms. The van der Waals surface area contributed by atoms with E-state index in [1.165, 1.54) is 24.9 Å². The zero-order valence-electron chi connectivity index (χ0n) is 14.3. The minimum atomic E-state index is 0.142. The topological polar surface area (TPSA) is 31.6 Å². The van der Waals surface area contributed by atoms with Crippen molar-refractivity contribution < 1.29 is 4.42 Å². The Kier molecular flexibility index (Phi) is 5.47. The highest BCUT2D eigenvalue weighted by Crippen LogP contribution is 2.21. The number of likely N-dealkylation sites (tertiary alicyclic amines) is 1. The summed E-state index contributed by atoms with van der Waals surface area (Å²) in [5, 5.41) is 3.50. The number of nitrogens with zero attached hydrogens (tertiary/aromatic N) is 2. The summed E-state index contributed by atoms with van der Waals surface area (Å²) in [4.78, 5) is 4.84. The molecule has 1 aromatic rings. The summed E-state index contributed by atoms with van der Waals surface area (Å²) in [6.07, 6.45) is 4.50. The molecule has 0 aliphatic carbocycles. The maximum Gasteiger partial charge on any atom is 0.118 e. The van der Waals surface area contributed by atoms with Crippen LogP contribution in [0.2, 0.25) is 0 Å². The van der Waals surface area contributed by atoms with E-state index in [0.29, 0.717) is 6.04 Å². The van der Waals surface area contributed by atoms with E-state index in [1.54, 1.807) is 0 Å². The Morgan fingerprint density at radius 3 is 2.81 bits per heavy atom. The minimum absolute atomic E-state index is 0.142. The quantitative estimate of drug-likeness (QED) is 0.874. The van der Waals surface area contributed by atoms with E-state index < -0.39 is 0 Å². The summed E-state index contributed by atoms with van der Waals surface area (Å²) in [6.45, 7) is 10.7. The maximum atomic E-state index is 5.75. The van der Waals surface area contributed by atoms with Crippen LogP contribution < -0.4 is 5.32 Å². The van der Waals surface area contributed by atoms with Crippen molar-refractivity contribution in [3.8, 4) is 0 Å². The highest BCUT2D eigenvalue weighted by molar-refractivity contribution is 5.13. The minimum Gasteiger partial charge on any atom is -0.468 e. The van der Waals surface area contributed by atoms with Crippen LogP contribution in [0.15, 0.2) is 16.7 Å². The van der Waals surface area contributed by atoms with Gasteiger partial charge in [0.1, 0.15) is 5.76 Å². The SMILES string of the molecule is CN(C)CC1CCCN1Cc1cc(CNC(C)(C)C)co1. The van der Waals surface area contributed by atoms with E-state index in [4.69, 9.17) is 4.42 Å². The van der Waals surface area contributed by atoms with Crippen LogP contribution in [0.25, 0.3) is 0 Å². The molecule has 0 bridgehead atoms. The molecule has 1 aliphatic heterocycles. The first-order chi connectivity index (χ1) is 9.83. The van der Waals surface area contributed by atoms with Crippen LogP contribution in [0.3, 0.4) is 0 Å². The molecular weight excluding hydrogens is 262 g/mol. The van der Waals surface area contributed by atoms with Gasteiger partial charge in [0.15, 0.2) is 0 Å². The van der Waals surface area contributed by atoms with E-state index in [2.05, 4.69) is 56.0 Å². The molecule has 2 rings (SSSR count). The number of nitrogens with one attached hydrogen (secondary N) is 1. The lowest BCUT2D eigenvalue weighted by Crippen LogP contribution is -2.37. The van der Waals surface area contributed by atoms with Crippen LogP contribution in [0.4, 0.5) is 0 Å². The largest absolute Gasteiger partial charge is 0.468 e. The van der Waals surface area contributed by atoms with Gasteiger partial charge in [-0.05, 0) is 60.3 Å². The molecule has 1 atom stereocenters. The molecule has 0 aromatic carbocycles. The number of hydrogen-bond acceptors (Lipinski definition) is 4. The summed E-state index contributed by atoms with van der Waals surface area (Å²) >= 11 is 0. The summed E-state index contributed by atoms with van der Waals surface area (Å²) in [7, 11) is 4.30. The maximum absolute atomic E-state index is 5.75. The average Bonchev–Trinajstić information content (AvgIpc) is 2.96. The summed E-state index contributed by atoms with van der Waals surface area (Å²) in [6, 6.07) is 2.87. The van der Waals surface area contributed by atoms with Gasteiger partial charge in [-0.25, -0.2) is 0 Å². The fourth-order valence-electron chi connectivity index (χ4n) is 2.90. The zero-order valence-corrected chi connectivity index (χ0v) is 14.3. The zero-order chi connectivity index (χ0) is 15.5. The summed E-state index contributed by atoms with van der Waals surface area (Å²) in [5.74, 6) is 1.09. The van der Waals surface area contributed by atoms with Crippen LogP contribution in [0, 0.1) is 0 Å². The number of hydrogen-bond donors (Lipinski definition) is 1. The Hall–Kier alpha value is -0.840. The first-order valence-electron chi connectivity index (χ1n) is 8.03. The van der Waals surface area contributed by atoms with Crippen molar-refractivity contribution in [2.45, 2.75) is 58.3 Å². The number of furan rings is 1. The third kappa shape index (κ3) is 5.46. The van der Waals surface area contributed by atoms with Crippen molar-refractivity contribution in [3.63, 3.8) is 0 Å². The fourth-order valence-corrected chi connectivity index (χ4v) is 2.90. The van der Waals surface area contributed by atoms with E-state index in [-0.39, 0.29) is 5.54 Å². The van der Waals surface area contributed by atoms with Gasteiger partial charge in [-0.1, -0.05) is 0 Å². The smallest absolute Gasteiger partial charge is 0.118 e. The molecule has 0 radical (unpaired) electrons. The van der Waals surface area contributed by atoms with Crippen LogP contribution in [0.1, 0.15) is 44.9 Å². The highest BCUT2D eigenvalue weighted by atomic mass is 16.3. The van der Waals surface area contributed by atoms with E-state index in [0.717, 1.165) is 25.4 Å². The standard InChI is InChI=1S/C17H31N3O/c1-17(2,3)18-10-14-9-16(21-13-14)12-20-8-6-7-15(20)11-19(4)5/h9,13,15,18H,6-8,10-12H2,1-5H3. The van der Waals surface area contributed by atoms with Crippen molar-refractivity contribution >= 4 is 0 Å². The van der Waals surface area contributed by atoms with Crippen LogP contribution in [0.5, 0.6) is 0 Å². The second-order valence-corrected chi connectivity index (χ2v) is 7.55. The first-order valence-corrected chi connectivity index (χ1v) is 8.03. The van der Waals surface area contributed by atoms with Gasteiger partial charge in [0.25, 0.3) is 0 Å². The normalized spacial score (nSPS) is 20.6. The van der Waals surface area contributed by atoms with E-state index in [1.807, 2.05) is 6.26 Å². The van der Waals surface area contributed by atoms with Crippen molar-refractivity contribution in [1.82, 2.24) is 15.1 Å². The Morgan fingerprint density at radius 2 is 2.14 bits per heavy atom. The van der Waals surface area contributed by atoms with Crippen molar-refractivity contribution in [1.29, 1.82) is 0 Å². The first kappa shape index (κ1) is 16.5. The van der Waals surface area contributed by atoms with Gasteiger partial charge in [-0.3, -0.25) is 4.90 Å². The Morgan fingerprint density at radius 1 is 1.38 bits per heavy atom. The molecule has 2 heterocycles. The summed E-state index contributed by atoms with van der Waals surface area (Å²) in [5.41, 5.74) is 1.38. The average molecular weight is 293 g/mol. The van der Waals surface area contributed by atoms with Crippen LogP contribution in [-0.2, 0) is 13.1 Å². The lowest BCUT2D eigenvalue weighted by Gasteiger charge is -2.26. The molecule has 1 unspecified atom stereocenters. The molecule has 0 spiro atoms. The van der Waals surface area contributed by atoms with Gasteiger partial charge in [0, 0.05) is 30.2 Å². The molecular formula is C17H31N3O. The van der Waals surface area contributed by atoms with Gasteiger partial charge in [-0.2, -0.15) is 0 Å². The van der Waals surface area contributed by atoms with Gasteiger partial charge >= 0.3 is 0 Å². The number of likely N-dealkylation sites (N-methyl/N-ethyl adjacent to an activating group) is 1. The molecule has 4 nitrogen and oxygen atoms in total. The highest BCUT2D eigenvalue weighted by Gasteiger charge is 2.25. The lowest BCUT2D eigenvalue weighted by atomic mass is 10.1. The Bertz CT molecular complexity index is 433. The predicted molar refractivity (Wildman–Crippen MR) is 87.3 cm³/mol. The fraction of sp³-hybridized carbons (Fsp3) is 0.765. The van der Waals surface area contributed by atoms with E-state index in [9.17, 15) is 0 Å². The Balaban J connectivity index is 1.87. The second kappa shape index (κ2) is 6.95. The third-order valence-electron chi connectivity index (χ3n) is 3.96. The van der Waals surface area contributed by atoms with Crippen molar-refractivity contribution in [2.75, 3.05) is 27.2 Å². The molecule has 1 N–H and O–H groups in total. The van der Waals surface area contributed by atoms with Crippen LogP contribution >= 0.6 is 0 Å². The van der Waals surface area contributed by atoms with E-state index >= 15 is 0 Å². The van der Waals surface area contributed by atoms with Crippen LogP contribution in [-0.4, -0.2) is 48.6 Å². The molecule has 120 valence electrons. The lowest BCUT2D eigenvalue weighted by molar-refractivity contribution is 0.189. The molecule has 0 saturated carbocycles. The molecule has 0 amide bonds.